The first-order chi connectivity index (χ1) is 20.9. The van der Waals surface area contributed by atoms with Crippen molar-refractivity contribution in [2.45, 2.75) is 33.1 Å². The Hall–Kier alpha value is -5.02. The minimum Gasteiger partial charge on any atom is -0.497 e. The first-order valence-corrected chi connectivity index (χ1v) is 14.0. The summed E-state index contributed by atoms with van der Waals surface area (Å²) in [6, 6.07) is 22.3. The maximum atomic E-state index is 13.7. The van der Waals surface area contributed by atoms with Gasteiger partial charge in [0.1, 0.15) is 23.0 Å². The van der Waals surface area contributed by atoms with Gasteiger partial charge in [-0.05, 0) is 73.0 Å². The number of rotatable bonds is 10. The van der Waals surface area contributed by atoms with E-state index in [-0.39, 0.29) is 11.9 Å². The zero-order valence-corrected chi connectivity index (χ0v) is 24.5. The molecule has 9 heteroatoms. The molecule has 0 aliphatic carbocycles. The van der Waals surface area contributed by atoms with E-state index in [2.05, 4.69) is 32.7 Å². The fourth-order valence-electron chi connectivity index (χ4n) is 5.19. The van der Waals surface area contributed by atoms with Crippen LogP contribution in [0.4, 0.5) is 4.39 Å². The van der Waals surface area contributed by atoms with Gasteiger partial charge in [-0.15, -0.1) is 10.2 Å². The first-order valence-electron chi connectivity index (χ1n) is 14.0. The van der Waals surface area contributed by atoms with Crippen LogP contribution in [0.15, 0.2) is 91.5 Å². The SMILES string of the molecule is COc1ccc(COCc2cc3c(-c4ccc(-n5cnc(C)c5)c(OC)c4)nnc-3n([C@@H](C)c3ccc(F)cc3)c2)cc1. The Labute approximate surface area is 249 Å². The van der Waals surface area contributed by atoms with E-state index >= 15 is 0 Å². The van der Waals surface area contributed by atoms with Gasteiger partial charge in [-0.2, -0.15) is 0 Å². The molecule has 1 aromatic heterocycles. The van der Waals surface area contributed by atoms with Crippen LogP contribution in [-0.2, 0) is 18.0 Å². The first kappa shape index (κ1) is 28.1. The summed E-state index contributed by atoms with van der Waals surface area (Å²) in [7, 11) is 3.30. The molecule has 0 N–H and O–H groups in total. The molecule has 43 heavy (non-hydrogen) atoms. The average molecular weight is 578 g/mol. The van der Waals surface area contributed by atoms with Gasteiger partial charge in [-0.1, -0.05) is 30.3 Å². The Morgan fingerprint density at radius 3 is 2.30 bits per heavy atom. The van der Waals surface area contributed by atoms with E-state index < -0.39 is 0 Å². The minimum atomic E-state index is -0.273. The second kappa shape index (κ2) is 12.1. The lowest BCUT2D eigenvalue weighted by Crippen LogP contribution is -2.12. The van der Waals surface area contributed by atoms with Crippen LogP contribution in [0, 0.1) is 12.7 Å². The van der Waals surface area contributed by atoms with Crippen LogP contribution in [0.5, 0.6) is 11.5 Å². The van der Waals surface area contributed by atoms with Crippen LogP contribution in [0.2, 0.25) is 0 Å². The van der Waals surface area contributed by atoms with Gasteiger partial charge in [0.25, 0.3) is 0 Å². The maximum Gasteiger partial charge on any atom is 0.165 e. The summed E-state index contributed by atoms with van der Waals surface area (Å²) >= 11 is 0. The number of benzene rings is 3. The molecule has 0 unspecified atom stereocenters. The van der Waals surface area contributed by atoms with E-state index in [9.17, 15) is 4.39 Å². The number of methoxy groups -OCH3 is 2. The fraction of sp³-hybridized carbons (Fsp3) is 0.206. The molecular weight excluding hydrogens is 545 g/mol. The highest BCUT2D eigenvalue weighted by molar-refractivity contribution is 5.80. The van der Waals surface area contributed by atoms with Gasteiger partial charge in [0.05, 0.1) is 51.2 Å². The number of pyridine rings is 1. The number of imidazole rings is 1. The molecule has 3 aromatic carbocycles. The molecule has 0 spiro atoms. The predicted octanol–water partition coefficient (Wildman–Crippen LogP) is 7.03. The number of hydrogen-bond acceptors (Lipinski definition) is 6. The fourth-order valence-corrected chi connectivity index (χ4v) is 5.19. The molecule has 2 aliphatic rings. The summed E-state index contributed by atoms with van der Waals surface area (Å²) in [5, 5.41) is 9.24. The second-order valence-electron chi connectivity index (χ2n) is 10.4. The lowest BCUT2D eigenvalue weighted by atomic mass is 10.0. The number of halogens is 1. The number of fused-ring (bicyclic) bond motifs is 1. The Balaban J connectivity index is 1.36. The molecule has 0 saturated carbocycles. The van der Waals surface area contributed by atoms with Crippen molar-refractivity contribution in [1.82, 2.24) is 24.3 Å². The highest BCUT2D eigenvalue weighted by Crippen LogP contribution is 2.37. The highest BCUT2D eigenvalue weighted by Gasteiger charge is 2.23. The van der Waals surface area contributed by atoms with Crippen LogP contribution in [0.25, 0.3) is 28.3 Å². The molecule has 0 saturated heterocycles. The minimum absolute atomic E-state index is 0.129. The van der Waals surface area contributed by atoms with E-state index in [1.165, 1.54) is 12.1 Å². The summed E-state index contributed by atoms with van der Waals surface area (Å²) in [5.41, 5.74) is 7.25. The van der Waals surface area contributed by atoms with Crippen molar-refractivity contribution in [2.24, 2.45) is 0 Å². The quantitative estimate of drug-likeness (QED) is 0.174. The molecular formula is C34H32FN5O3. The number of ether oxygens (including phenoxy) is 3. The van der Waals surface area contributed by atoms with E-state index in [1.807, 2.05) is 66.3 Å². The van der Waals surface area contributed by atoms with Gasteiger partial charge in [0, 0.05) is 23.5 Å². The van der Waals surface area contributed by atoms with Crippen molar-refractivity contribution >= 4 is 0 Å². The van der Waals surface area contributed by atoms with E-state index in [0.29, 0.717) is 19.0 Å². The molecule has 218 valence electrons. The Kier molecular flexibility index (Phi) is 7.89. The lowest BCUT2D eigenvalue weighted by molar-refractivity contribution is 0.106. The summed E-state index contributed by atoms with van der Waals surface area (Å²) in [6.07, 6.45) is 5.75. The third kappa shape index (κ3) is 5.85. The maximum absolute atomic E-state index is 13.7. The smallest absolute Gasteiger partial charge is 0.165 e. The molecule has 2 aliphatic heterocycles. The second-order valence-corrected chi connectivity index (χ2v) is 10.4. The topological polar surface area (TPSA) is 76.2 Å². The van der Waals surface area contributed by atoms with Gasteiger partial charge in [-0.25, -0.2) is 9.37 Å². The number of aromatic nitrogens is 5. The monoisotopic (exact) mass is 577 g/mol. The van der Waals surface area contributed by atoms with Gasteiger partial charge in [-0.3, -0.25) is 0 Å². The van der Waals surface area contributed by atoms with Crippen LogP contribution in [-0.4, -0.2) is 38.5 Å². The van der Waals surface area contributed by atoms with Crippen molar-refractivity contribution in [1.29, 1.82) is 0 Å². The Morgan fingerprint density at radius 1 is 0.837 bits per heavy atom. The zero-order chi connectivity index (χ0) is 29.9. The third-order valence-corrected chi connectivity index (χ3v) is 7.53. The summed E-state index contributed by atoms with van der Waals surface area (Å²) in [5.74, 6) is 1.94. The van der Waals surface area contributed by atoms with Crippen LogP contribution in [0.3, 0.4) is 0 Å². The molecule has 3 heterocycles. The predicted molar refractivity (Wildman–Crippen MR) is 162 cm³/mol. The highest BCUT2D eigenvalue weighted by atomic mass is 19.1. The van der Waals surface area contributed by atoms with Crippen LogP contribution >= 0.6 is 0 Å². The normalized spacial score (nSPS) is 12.0. The molecule has 1 atom stereocenters. The Bertz CT molecular complexity index is 1810. The van der Waals surface area contributed by atoms with Gasteiger partial charge >= 0.3 is 0 Å². The third-order valence-electron chi connectivity index (χ3n) is 7.53. The number of aryl methyl sites for hydroxylation is 1. The molecule has 8 nitrogen and oxygen atoms in total. The zero-order valence-electron chi connectivity index (χ0n) is 24.5. The van der Waals surface area contributed by atoms with Gasteiger partial charge < -0.3 is 23.3 Å². The molecule has 4 aromatic rings. The van der Waals surface area contributed by atoms with Crippen molar-refractivity contribution in [3.63, 3.8) is 0 Å². The van der Waals surface area contributed by atoms with Crippen molar-refractivity contribution in [3.8, 4) is 39.8 Å². The van der Waals surface area contributed by atoms with E-state index in [1.54, 1.807) is 32.7 Å². The summed E-state index contributed by atoms with van der Waals surface area (Å²) in [4.78, 5) is 4.34. The molecule has 6 rings (SSSR count). The van der Waals surface area contributed by atoms with E-state index in [0.717, 1.165) is 56.5 Å². The van der Waals surface area contributed by atoms with Gasteiger partial charge in [0.15, 0.2) is 5.82 Å². The van der Waals surface area contributed by atoms with E-state index in [4.69, 9.17) is 14.2 Å². The lowest BCUT2D eigenvalue weighted by Gasteiger charge is -2.21. The van der Waals surface area contributed by atoms with Crippen molar-refractivity contribution < 1.29 is 18.6 Å². The van der Waals surface area contributed by atoms with Crippen molar-refractivity contribution in [2.75, 3.05) is 14.2 Å². The average Bonchev–Trinajstić information content (AvgIpc) is 3.67. The largest absolute Gasteiger partial charge is 0.497 e. The number of nitrogens with zero attached hydrogens (tertiary/aromatic N) is 5. The van der Waals surface area contributed by atoms with Crippen LogP contribution < -0.4 is 9.47 Å². The molecule has 0 bridgehead atoms. The Morgan fingerprint density at radius 2 is 1.60 bits per heavy atom. The summed E-state index contributed by atoms with van der Waals surface area (Å²) < 4.78 is 34.9. The molecule has 0 amide bonds. The number of hydrogen-bond donors (Lipinski definition) is 0. The van der Waals surface area contributed by atoms with Crippen molar-refractivity contribution in [3.05, 3.63) is 120 Å². The molecule has 0 fully saturated rings. The molecule has 0 radical (unpaired) electrons. The summed E-state index contributed by atoms with van der Waals surface area (Å²) in [6.45, 7) is 4.84. The van der Waals surface area contributed by atoms with Crippen LogP contribution in [0.1, 0.15) is 35.3 Å². The van der Waals surface area contributed by atoms with Gasteiger partial charge in [0.2, 0.25) is 0 Å². The standard InChI is InChI=1S/C34H32FN5O3/c1-22-17-39(21-36-22)31-14-9-27(16-32(31)42-4)33-30-15-25(20-43-19-24-5-12-29(41-3)13-6-24)18-40(34(30)38-37-33)23(2)26-7-10-28(35)11-8-26/h5-18,21,23H,19-20H2,1-4H3/t23-/m0/s1.